The highest BCUT2D eigenvalue weighted by Gasteiger charge is 2.26. The van der Waals surface area contributed by atoms with Crippen LogP contribution < -0.4 is 15.4 Å². The highest BCUT2D eigenvalue weighted by Crippen LogP contribution is 2.31. The lowest BCUT2D eigenvalue weighted by Gasteiger charge is -2.21. The molecule has 28 heavy (non-hydrogen) atoms. The maximum atomic E-state index is 12.8. The molecular formula is C18H19N3O5S2. The second-order valence-electron chi connectivity index (χ2n) is 6.04. The Morgan fingerprint density at radius 3 is 2.82 bits per heavy atom. The van der Waals surface area contributed by atoms with Gasteiger partial charge in [0.25, 0.3) is 5.91 Å². The summed E-state index contributed by atoms with van der Waals surface area (Å²) in [7, 11) is -2.61. The molecule has 1 aliphatic rings. The van der Waals surface area contributed by atoms with Crippen LogP contribution in [0.3, 0.4) is 0 Å². The molecule has 0 saturated carbocycles. The van der Waals surface area contributed by atoms with Crippen LogP contribution in [0.25, 0.3) is 0 Å². The maximum absolute atomic E-state index is 12.8. The number of carbonyl (C=O) groups is 2. The molecule has 10 heteroatoms. The summed E-state index contributed by atoms with van der Waals surface area (Å²) in [5.41, 5.74) is 0.875. The molecule has 1 aliphatic heterocycles. The topological polar surface area (TPSA) is 105 Å². The number of hydrogen-bond acceptors (Lipinski definition) is 6. The summed E-state index contributed by atoms with van der Waals surface area (Å²) in [5.74, 6) is -0.422. The van der Waals surface area contributed by atoms with Crippen LogP contribution in [0.15, 0.2) is 52.3 Å². The average molecular weight is 422 g/mol. The van der Waals surface area contributed by atoms with Crippen molar-refractivity contribution in [1.82, 2.24) is 4.31 Å². The lowest BCUT2D eigenvalue weighted by Crippen LogP contribution is -2.35. The number of anilines is 2. The van der Waals surface area contributed by atoms with Crippen molar-refractivity contribution >= 4 is 45.0 Å². The number of likely N-dealkylation sites (N-methyl/N-ethyl adjacent to an activating group) is 1. The number of rotatable bonds is 6. The van der Waals surface area contributed by atoms with Crippen molar-refractivity contribution < 1.29 is 22.7 Å². The molecule has 1 heterocycles. The normalized spacial score (nSPS) is 13.5. The fourth-order valence-electron chi connectivity index (χ4n) is 2.59. The molecule has 0 fully saturated rings. The quantitative estimate of drug-likeness (QED) is 0.692. The first-order chi connectivity index (χ1) is 13.3. The molecule has 2 amide bonds. The molecular weight excluding hydrogens is 402 g/mol. The zero-order valence-corrected chi connectivity index (χ0v) is 16.9. The molecule has 2 N–H and O–H groups in total. The number of sulfonamides is 1. The summed E-state index contributed by atoms with van der Waals surface area (Å²) >= 11 is 1.54. The summed E-state index contributed by atoms with van der Waals surface area (Å²) in [5, 5.41) is 5.26. The van der Waals surface area contributed by atoms with Gasteiger partial charge < -0.3 is 15.4 Å². The van der Waals surface area contributed by atoms with E-state index in [2.05, 4.69) is 10.6 Å². The van der Waals surface area contributed by atoms with Crippen LogP contribution in [0.4, 0.5) is 11.4 Å². The van der Waals surface area contributed by atoms with Crippen molar-refractivity contribution in [1.29, 1.82) is 0 Å². The highest BCUT2D eigenvalue weighted by atomic mass is 32.2. The van der Waals surface area contributed by atoms with E-state index in [-0.39, 0.29) is 29.6 Å². The molecule has 0 atom stereocenters. The minimum atomic E-state index is -3.93. The second kappa shape index (κ2) is 8.21. The van der Waals surface area contributed by atoms with Gasteiger partial charge in [0, 0.05) is 17.6 Å². The Labute approximate surface area is 167 Å². The Balaban J connectivity index is 1.72. The maximum Gasteiger partial charge on any atom is 0.262 e. The number of amides is 2. The van der Waals surface area contributed by atoms with Gasteiger partial charge in [-0.25, -0.2) is 8.42 Å². The first-order valence-electron chi connectivity index (χ1n) is 8.26. The van der Waals surface area contributed by atoms with Crippen molar-refractivity contribution in [3.8, 4) is 5.75 Å². The molecule has 2 aromatic carbocycles. The van der Waals surface area contributed by atoms with Crippen molar-refractivity contribution in [3.63, 3.8) is 0 Å². The minimum Gasteiger partial charge on any atom is -0.482 e. The molecule has 0 saturated heterocycles. The van der Waals surface area contributed by atoms with E-state index in [1.165, 1.54) is 37.0 Å². The van der Waals surface area contributed by atoms with Gasteiger partial charge in [0.2, 0.25) is 15.9 Å². The number of nitrogens with one attached hydrogen (secondary N) is 2. The third-order valence-corrected chi connectivity index (χ3v) is 6.54. The third-order valence-electron chi connectivity index (χ3n) is 4.01. The molecule has 2 aromatic rings. The van der Waals surface area contributed by atoms with Crippen molar-refractivity contribution in [3.05, 3.63) is 42.5 Å². The monoisotopic (exact) mass is 421 g/mol. The summed E-state index contributed by atoms with van der Waals surface area (Å²) in [6, 6.07) is 11.4. The SMILES string of the molecule is CSc1cccc(NC(=O)CN(C)S(=O)(=O)c2ccc3c(c2)NC(=O)CO3)c1. The van der Waals surface area contributed by atoms with Gasteiger partial charge in [-0.15, -0.1) is 11.8 Å². The van der Waals surface area contributed by atoms with Crippen LogP contribution in [0.5, 0.6) is 5.75 Å². The Hall–Kier alpha value is -2.56. The van der Waals surface area contributed by atoms with Gasteiger partial charge in [-0.3, -0.25) is 9.59 Å². The van der Waals surface area contributed by atoms with Gasteiger partial charge in [-0.2, -0.15) is 4.31 Å². The van der Waals surface area contributed by atoms with Gasteiger partial charge in [0.05, 0.1) is 17.1 Å². The summed E-state index contributed by atoms with van der Waals surface area (Å²) in [4.78, 5) is 24.6. The van der Waals surface area contributed by atoms with E-state index in [0.717, 1.165) is 9.20 Å². The van der Waals surface area contributed by atoms with Gasteiger partial charge >= 0.3 is 0 Å². The predicted molar refractivity (Wildman–Crippen MR) is 107 cm³/mol. The Bertz CT molecular complexity index is 1020. The minimum absolute atomic E-state index is 0.0447. The van der Waals surface area contributed by atoms with E-state index in [9.17, 15) is 18.0 Å². The molecule has 0 unspecified atom stereocenters. The van der Waals surface area contributed by atoms with Crippen molar-refractivity contribution in [2.75, 3.05) is 37.1 Å². The molecule has 8 nitrogen and oxygen atoms in total. The van der Waals surface area contributed by atoms with Crippen molar-refractivity contribution in [2.24, 2.45) is 0 Å². The summed E-state index contributed by atoms with van der Waals surface area (Å²) in [6.07, 6.45) is 1.92. The summed E-state index contributed by atoms with van der Waals surface area (Å²) in [6.45, 7) is -0.470. The zero-order chi connectivity index (χ0) is 20.3. The molecule has 0 aromatic heterocycles. The fourth-order valence-corrected chi connectivity index (χ4v) is 4.20. The highest BCUT2D eigenvalue weighted by molar-refractivity contribution is 7.98. The van der Waals surface area contributed by atoms with Crippen LogP contribution in [-0.2, 0) is 19.6 Å². The van der Waals surface area contributed by atoms with E-state index in [1.807, 2.05) is 24.5 Å². The summed E-state index contributed by atoms with van der Waals surface area (Å²) < 4.78 is 31.7. The Morgan fingerprint density at radius 2 is 2.07 bits per heavy atom. The lowest BCUT2D eigenvalue weighted by molar-refractivity contribution is -0.118. The van der Waals surface area contributed by atoms with E-state index in [4.69, 9.17) is 4.74 Å². The molecule has 3 rings (SSSR count). The smallest absolute Gasteiger partial charge is 0.262 e. The number of fused-ring (bicyclic) bond motifs is 1. The third kappa shape index (κ3) is 4.46. The first-order valence-corrected chi connectivity index (χ1v) is 10.9. The predicted octanol–water partition coefficient (Wildman–Crippen LogP) is 2.00. The van der Waals surface area contributed by atoms with Crippen LogP contribution in [0.1, 0.15) is 0 Å². The van der Waals surface area contributed by atoms with Gasteiger partial charge in [0.15, 0.2) is 6.61 Å². The molecule has 148 valence electrons. The van der Waals surface area contributed by atoms with E-state index in [1.54, 1.807) is 6.07 Å². The Kier molecular flexibility index (Phi) is 5.92. The Morgan fingerprint density at radius 1 is 1.29 bits per heavy atom. The van der Waals surface area contributed by atoms with E-state index >= 15 is 0 Å². The molecule has 0 aliphatic carbocycles. The van der Waals surface area contributed by atoms with Gasteiger partial charge in [0.1, 0.15) is 5.75 Å². The van der Waals surface area contributed by atoms with Crippen LogP contribution in [-0.4, -0.2) is 51.0 Å². The first kappa shape index (κ1) is 20.2. The molecule has 0 radical (unpaired) electrons. The lowest BCUT2D eigenvalue weighted by atomic mass is 10.2. The van der Waals surface area contributed by atoms with Crippen LogP contribution in [0.2, 0.25) is 0 Å². The standard InChI is InChI=1S/C18H19N3O5S2/c1-21(10-17(22)19-12-4-3-5-13(8-12)27-2)28(24,25)14-6-7-16-15(9-14)20-18(23)11-26-16/h3-9H,10-11H2,1-2H3,(H,19,22)(H,20,23). The number of nitrogens with zero attached hydrogens (tertiary/aromatic N) is 1. The fraction of sp³-hybridized carbons (Fsp3) is 0.222. The van der Waals surface area contributed by atoms with Gasteiger partial charge in [-0.05, 0) is 42.7 Å². The zero-order valence-electron chi connectivity index (χ0n) is 15.3. The number of benzene rings is 2. The molecule has 0 spiro atoms. The average Bonchev–Trinajstić information content (AvgIpc) is 2.67. The van der Waals surface area contributed by atoms with E-state index < -0.39 is 15.9 Å². The second-order valence-corrected chi connectivity index (χ2v) is 8.96. The van der Waals surface area contributed by atoms with Crippen LogP contribution in [0, 0.1) is 0 Å². The van der Waals surface area contributed by atoms with Crippen molar-refractivity contribution in [2.45, 2.75) is 9.79 Å². The molecule has 0 bridgehead atoms. The number of ether oxygens (including phenoxy) is 1. The van der Waals surface area contributed by atoms with Crippen LogP contribution >= 0.6 is 11.8 Å². The largest absolute Gasteiger partial charge is 0.482 e. The number of carbonyl (C=O) groups excluding carboxylic acids is 2. The number of hydrogen-bond donors (Lipinski definition) is 2. The van der Waals surface area contributed by atoms with Gasteiger partial charge in [-0.1, -0.05) is 6.07 Å². The number of thioether (sulfide) groups is 1. The van der Waals surface area contributed by atoms with E-state index in [0.29, 0.717) is 11.4 Å².